The highest BCUT2D eigenvalue weighted by Crippen LogP contribution is 2.24. The van der Waals surface area contributed by atoms with Crippen molar-refractivity contribution in [2.45, 2.75) is 13.8 Å². The van der Waals surface area contributed by atoms with Crippen molar-refractivity contribution in [3.8, 4) is 11.6 Å². The van der Waals surface area contributed by atoms with E-state index in [9.17, 15) is 0 Å². The van der Waals surface area contributed by atoms with Gasteiger partial charge in [-0.3, -0.25) is 4.98 Å². The summed E-state index contributed by atoms with van der Waals surface area (Å²) in [4.78, 5) is 12.7. The predicted octanol–water partition coefficient (Wildman–Crippen LogP) is 3.49. The van der Waals surface area contributed by atoms with Gasteiger partial charge in [0.1, 0.15) is 11.5 Å². The normalized spacial score (nSPS) is 10.5. The standard InChI is InChI=1S/C15H14N4O/c1-10-5-7-16-12(8-10)19-13-9-18-15(20-13)14-11(2)4-3-6-17-14/h3-9H,1-2H3,(H,16,19). The molecule has 0 amide bonds. The molecular formula is C15H14N4O. The fraction of sp³-hybridized carbons (Fsp3) is 0.133. The number of nitrogens with one attached hydrogen (secondary N) is 1. The van der Waals surface area contributed by atoms with Crippen LogP contribution in [0, 0.1) is 13.8 Å². The molecule has 0 aliphatic carbocycles. The van der Waals surface area contributed by atoms with E-state index in [0.29, 0.717) is 11.8 Å². The number of rotatable bonds is 3. The van der Waals surface area contributed by atoms with Crippen LogP contribution in [0.4, 0.5) is 11.7 Å². The first-order valence-electron chi connectivity index (χ1n) is 6.30. The van der Waals surface area contributed by atoms with Crippen LogP contribution in [0.15, 0.2) is 47.3 Å². The SMILES string of the molecule is Cc1ccnc(Nc2cnc(-c3ncccc3C)o2)c1. The highest BCUT2D eigenvalue weighted by molar-refractivity contribution is 5.56. The third-order valence-corrected chi connectivity index (χ3v) is 2.88. The Hall–Kier alpha value is -2.69. The van der Waals surface area contributed by atoms with E-state index in [-0.39, 0.29) is 0 Å². The number of aromatic nitrogens is 3. The molecule has 100 valence electrons. The third kappa shape index (κ3) is 2.51. The molecule has 3 aromatic heterocycles. The van der Waals surface area contributed by atoms with Gasteiger partial charge < -0.3 is 9.73 Å². The molecule has 20 heavy (non-hydrogen) atoms. The van der Waals surface area contributed by atoms with Gasteiger partial charge in [0.15, 0.2) is 0 Å². The van der Waals surface area contributed by atoms with Gasteiger partial charge in [0, 0.05) is 12.4 Å². The molecule has 0 bridgehead atoms. The van der Waals surface area contributed by atoms with E-state index >= 15 is 0 Å². The topological polar surface area (TPSA) is 63.8 Å². The van der Waals surface area contributed by atoms with Gasteiger partial charge in [0.25, 0.3) is 0 Å². The molecule has 3 heterocycles. The van der Waals surface area contributed by atoms with Crippen molar-refractivity contribution >= 4 is 11.7 Å². The zero-order valence-corrected chi connectivity index (χ0v) is 11.3. The quantitative estimate of drug-likeness (QED) is 0.786. The molecule has 0 unspecified atom stereocenters. The van der Waals surface area contributed by atoms with E-state index in [1.165, 1.54) is 0 Å². The lowest BCUT2D eigenvalue weighted by Crippen LogP contribution is -1.91. The van der Waals surface area contributed by atoms with Crippen molar-refractivity contribution in [2.75, 3.05) is 5.32 Å². The molecule has 0 atom stereocenters. The molecule has 0 fully saturated rings. The van der Waals surface area contributed by atoms with Crippen molar-refractivity contribution in [1.29, 1.82) is 0 Å². The van der Waals surface area contributed by atoms with Crippen LogP contribution in [-0.4, -0.2) is 15.0 Å². The van der Waals surface area contributed by atoms with E-state index in [2.05, 4.69) is 20.3 Å². The van der Waals surface area contributed by atoms with Gasteiger partial charge in [-0.1, -0.05) is 6.07 Å². The van der Waals surface area contributed by atoms with Crippen LogP contribution in [-0.2, 0) is 0 Å². The van der Waals surface area contributed by atoms with Crippen molar-refractivity contribution < 1.29 is 4.42 Å². The van der Waals surface area contributed by atoms with E-state index in [1.54, 1.807) is 18.6 Å². The van der Waals surface area contributed by atoms with Crippen LogP contribution in [0.2, 0.25) is 0 Å². The molecule has 0 saturated carbocycles. The average molecular weight is 266 g/mol. The van der Waals surface area contributed by atoms with Gasteiger partial charge in [0.05, 0.1) is 6.20 Å². The highest BCUT2D eigenvalue weighted by Gasteiger charge is 2.10. The average Bonchev–Trinajstić information content (AvgIpc) is 2.87. The van der Waals surface area contributed by atoms with E-state index < -0.39 is 0 Å². The number of hydrogen-bond acceptors (Lipinski definition) is 5. The number of anilines is 2. The van der Waals surface area contributed by atoms with Crippen LogP contribution < -0.4 is 5.32 Å². The number of nitrogens with zero attached hydrogens (tertiary/aromatic N) is 3. The second-order valence-electron chi connectivity index (χ2n) is 4.54. The fourth-order valence-corrected chi connectivity index (χ4v) is 1.88. The van der Waals surface area contributed by atoms with Gasteiger partial charge in [-0.05, 0) is 43.2 Å². The minimum absolute atomic E-state index is 0.498. The maximum atomic E-state index is 5.67. The highest BCUT2D eigenvalue weighted by atomic mass is 16.4. The zero-order chi connectivity index (χ0) is 13.9. The van der Waals surface area contributed by atoms with Crippen molar-refractivity contribution in [1.82, 2.24) is 15.0 Å². The number of hydrogen-bond donors (Lipinski definition) is 1. The van der Waals surface area contributed by atoms with Crippen molar-refractivity contribution in [3.05, 3.63) is 54.0 Å². The molecule has 0 saturated heterocycles. The number of aryl methyl sites for hydroxylation is 2. The molecule has 1 N–H and O–H groups in total. The summed E-state index contributed by atoms with van der Waals surface area (Å²) < 4.78 is 5.67. The minimum atomic E-state index is 0.498. The first kappa shape index (κ1) is 12.3. The van der Waals surface area contributed by atoms with Gasteiger partial charge in [0.2, 0.25) is 11.8 Å². The maximum absolute atomic E-state index is 5.67. The van der Waals surface area contributed by atoms with Crippen LogP contribution >= 0.6 is 0 Å². The Morgan fingerprint density at radius 1 is 1.05 bits per heavy atom. The van der Waals surface area contributed by atoms with Crippen molar-refractivity contribution in [3.63, 3.8) is 0 Å². The minimum Gasteiger partial charge on any atom is -0.419 e. The van der Waals surface area contributed by atoms with Gasteiger partial charge in [-0.15, -0.1) is 0 Å². The smallest absolute Gasteiger partial charge is 0.247 e. The van der Waals surface area contributed by atoms with Crippen LogP contribution in [0.25, 0.3) is 11.6 Å². The molecule has 5 heteroatoms. The Balaban J connectivity index is 1.86. The largest absolute Gasteiger partial charge is 0.419 e. The Kier molecular flexibility index (Phi) is 3.16. The predicted molar refractivity (Wildman–Crippen MR) is 76.7 cm³/mol. The number of oxazole rings is 1. The van der Waals surface area contributed by atoms with E-state index in [0.717, 1.165) is 22.6 Å². The lowest BCUT2D eigenvalue weighted by atomic mass is 10.2. The first-order chi connectivity index (χ1) is 9.72. The molecular weight excluding hydrogens is 252 g/mol. The molecule has 3 rings (SSSR count). The van der Waals surface area contributed by atoms with Crippen LogP contribution in [0.3, 0.4) is 0 Å². The summed E-state index contributed by atoms with van der Waals surface area (Å²) in [6, 6.07) is 7.74. The van der Waals surface area contributed by atoms with E-state index in [4.69, 9.17) is 4.42 Å². The fourth-order valence-electron chi connectivity index (χ4n) is 1.88. The molecule has 0 aliphatic heterocycles. The van der Waals surface area contributed by atoms with Gasteiger partial charge >= 0.3 is 0 Å². The van der Waals surface area contributed by atoms with Crippen molar-refractivity contribution in [2.24, 2.45) is 0 Å². The molecule has 0 radical (unpaired) electrons. The van der Waals surface area contributed by atoms with Crippen LogP contribution in [0.1, 0.15) is 11.1 Å². The molecule has 0 spiro atoms. The van der Waals surface area contributed by atoms with Gasteiger partial charge in [-0.2, -0.15) is 0 Å². The summed E-state index contributed by atoms with van der Waals surface area (Å²) in [5.41, 5.74) is 2.90. The summed E-state index contributed by atoms with van der Waals surface area (Å²) in [5.74, 6) is 1.77. The Morgan fingerprint density at radius 2 is 1.95 bits per heavy atom. The summed E-state index contributed by atoms with van der Waals surface area (Å²) >= 11 is 0. The van der Waals surface area contributed by atoms with Crippen LogP contribution in [0.5, 0.6) is 0 Å². The summed E-state index contributed by atoms with van der Waals surface area (Å²) in [6.07, 6.45) is 5.10. The maximum Gasteiger partial charge on any atom is 0.247 e. The Bertz CT molecular complexity index is 736. The zero-order valence-electron chi connectivity index (χ0n) is 11.3. The second-order valence-corrected chi connectivity index (χ2v) is 4.54. The summed E-state index contributed by atoms with van der Waals surface area (Å²) in [6.45, 7) is 3.98. The lowest BCUT2D eigenvalue weighted by molar-refractivity contribution is 0.588. The molecule has 5 nitrogen and oxygen atoms in total. The second kappa shape index (κ2) is 5.13. The monoisotopic (exact) mass is 266 g/mol. The molecule has 0 aromatic carbocycles. The van der Waals surface area contributed by atoms with Gasteiger partial charge in [-0.25, -0.2) is 9.97 Å². The third-order valence-electron chi connectivity index (χ3n) is 2.88. The Labute approximate surface area is 116 Å². The summed E-state index contributed by atoms with van der Waals surface area (Å²) in [5, 5.41) is 3.09. The first-order valence-corrected chi connectivity index (χ1v) is 6.30. The Morgan fingerprint density at radius 3 is 2.75 bits per heavy atom. The molecule has 3 aromatic rings. The van der Waals surface area contributed by atoms with E-state index in [1.807, 2.05) is 38.1 Å². The number of pyridine rings is 2. The summed E-state index contributed by atoms with van der Waals surface area (Å²) in [7, 11) is 0. The molecule has 0 aliphatic rings. The lowest BCUT2D eigenvalue weighted by Gasteiger charge is -2.02.